The van der Waals surface area contributed by atoms with E-state index in [4.69, 9.17) is 5.73 Å². The second kappa shape index (κ2) is 6.88. The lowest BCUT2D eigenvalue weighted by Crippen LogP contribution is -2.37. The standard InChI is InChI=1S/C17H23FN2/c1-13-7-9-20(11-14(13)2)12-15-5-6-17(18)16(10-15)4-3-8-19/h5-6,10,13-14H,7-9,11-12,19H2,1-2H3. The van der Waals surface area contributed by atoms with Crippen LogP contribution in [0.15, 0.2) is 18.2 Å². The fourth-order valence-corrected chi connectivity index (χ4v) is 2.66. The largest absolute Gasteiger partial charge is 0.320 e. The Labute approximate surface area is 121 Å². The van der Waals surface area contributed by atoms with Gasteiger partial charge in [-0.15, -0.1) is 0 Å². The summed E-state index contributed by atoms with van der Waals surface area (Å²) in [6.07, 6.45) is 1.24. The molecule has 108 valence electrons. The summed E-state index contributed by atoms with van der Waals surface area (Å²) in [6.45, 7) is 7.98. The van der Waals surface area contributed by atoms with E-state index in [1.54, 1.807) is 0 Å². The maximum absolute atomic E-state index is 13.6. The monoisotopic (exact) mass is 274 g/mol. The molecule has 2 nitrogen and oxygen atoms in total. The molecule has 2 unspecified atom stereocenters. The first-order chi connectivity index (χ1) is 9.60. The second-order valence-electron chi connectivity index (χ2n) is 5.80. The maximum atomic E-state index is 13.6. The van der Waals surface area contributed by atoms with Crippen LogP contribution in [0.4, 0.5) is 4.39 Å². The molecule has 1 aromatic rings. The molecule has 1 heterocycles. The van der Waals surface area contributed by atoms with Gasteiger partial charge in [-0.2, -0.15) is 0 Å². The zero-order valence-electron chi connectivity index (χ0n) is 12.3. The summed E-state index contributed by atoms with van der Waals surface area (Å²) in [5.41, 5.74) is 6.91. The van der Waals surface area contributed by atoms with E-state index in [0.29, 0.717) is 5.56 Å². The summed E-state index contributed by atoms with van der Waals surface area (Å²) >= 11 is 0. The average molecular weight is 274 g/mol. The van der Waals surface area contributed by atoms with Crippen LogP contribution in [-0.2, 0) is 6.54 Å². The highest BCUT2D eigenvalue weighted by molar-refractivity contribution is 5.38. The van der Waals surface area contributed by atoms with Crippen LogP contribution in [-0.4, -0.2) is 24.5 Å². The fourth-order valence-electron chi connectivity index (χ4n) is 2.66. The lowest BCUT2D eigenvalue weighted by Gasteiger charge is -2.35. The minimum atomic E-state index is -0.268. The summed E-state index contributed by atoms with van der Waals surface area (Å²) in [4.78, 5) is 2.44. The number of hydrogen-bond acceptors (Lipinski definition) is 2. The summed E-state index contributed by atoms with van der Waals surface area (Å²) in [5, 5.41) is 0. The highest BCUT2D eigenvalue weighted by Gasteiger charge is 2.22. The molecular formula is C17H23FN2. The van der Waals surface area contributed by atoms with E-state index in [0.717, 1.165) is 37.0 Å². The zero-order chi connectivity index (χ0) is 14.5. The van der Waals surface area contributed by atoms with Crippen molar-refractivity contribution < 1.29 is 4.39 Å². The Morgan fingerprint density at radius 2 is 2.15 bits per heavy atom. The Hall–Kier alpha value is -1.37. The average Bonchev–Trinajstić information content (AvgIpc) is 2.43. The normalized spacial score (nSPS) is 23.2. The molecular weight excluding hydrogens is 251 g/mol. The molecule has 2 N–H and O–H groups in total. The molecule has 1 fully saturated rings. The minimum absolute atomic E-state index is 0.255. The molecule has 0 spiro atoms. The molecule has 0 radical (unpaired) electrons. The van der Waals surface area contributed by atoms with Gasteiger partial charge in [-0.05, 0) is 42.5 Å². The van der Waals surface area contributed by atoms with Crippen LogP contribution in [0, 0.1) is 29.5 Å². The van der Waals surface area contributed by atoms with Crippen LogP contribution in [0.2, 0.25) is 0 Å². The number of nitrogens with two attached hydrogens (primary N) is 1. The van der Waals surface area contributed by atoms with Crippen LogP contribution in [0.3, 0.4) is 0 Å². The molecule has 2 rings (SSSR count). The van der Waals surface area contributed by atoms with Crippen LogP contribution >= 0.6 is 0 Å². The fraction of sp³-hybridized carbons (Fsp3) is 0.529. The Kier molecular flexibility index (Phi) is 5.17. The Morgan fingerprint density at radius 3 is 2.85 bits per heavy atom. The van der Waals surface area contributed by atoms with Crippen molar-refractivity contribution in [3.05, 3.63) is 35.1 Å². The number of rotatable bonds is 2. The van der Waals surface area contributed by atoms with Gasteiger partial charge in [0.25, 0.3) is 0 Å². The van der Waals surface area contributed by atoms with Crippen molar-refractivity contribution in [2.45, 2.75) is 26.8 Å². The van der Waals surface area contributed by atoms with Crippen LogP contribution in [0.25, 0.3) is 0 Å². The number of nitrogens with zero attached hydrogens (tertiary/aromatic N) is 1. The van der Waals surface area contributed by atoms with Crippen molar-refractivity contribution >= 4 is 0 Å². The van der Waals surface area contributed by atoms with E-state index >= 15 is 0 Å². The first-order valence-electron chi connectivity index (χ1n) is 7.30. The molecule has 3 heteroatoms. The second-order valence-corrected chi connectivity index (χ2v) is 5.80. The molecule has 1 aromatic carbocycles. The van der Waals surface area contributed by atoms with Gasteiger partial charge < -0.3 is 5.73 Å². The van der Waals surface area contributed by atoms with Gasteiger partial charge in [0.05, 0.1) is 12.1 Å². The smallest absolute Gasteiger partial charge is 0.138 e. The number of likely N-dealkylation sites (tertiary alicyclic amines) is 1. The summed E-state index contributed by atoms with van der Waals surface area (Å²) in [7, 11) is 0. The summed E-state index contributed by atoms with van der Waals surface area (Å²) in [6, 6.07) is 5.21. The van der Waals surface area contributed by atoms with Gasteiger partial charge in [-0.3, -0.25) is 4.90 Å². The van der Waals surface area contributed by atoms with Crippen molar-refractivity contribution in [2.75, 3.05) is 19.6 Å². The van der Waals surface area contributed by atoms with Crippen molar-refractivity contribution in [2.24, 2.45) is 17.6 Å². The molecule has 20 heavy (non-hydrogen) atoms. The number of piperidine rings is 1. The molecule has 0 aliphatic carbocycles. The van der Waals surface area contributed by atoms with E-state index in [-0.39, 0.29) is 12.4 Å². The van der Waals surface area contributed by atoms with Gasteiger partial charge in [-0.1, -0.05) is 31.8 Å². The van der Waals surface area contributed by atoms with Crippen molar-refractivity contribution in [1.29, 1.82) is 0 Å². The van der Waals surface area contributed by atoms with Crippen LogP contribution in [0.5, 0.6) is 0 Å². The summed E-state index contributed by atoms with van der Waals surface area (Å²) < 4.78 is 13.6. The highest BCUT2D eigenvalue weighted by atomic mass is 19.1. The van der Waals surface area contributed by atoms with E-state index < -0.39 is 0 Å². The third-order valence-electron chi connectivity index (χ3n) is 4.18. The SMILES string of the molecule is CC1CCN(Cc2ccc(F)c(C#CCN)c2)CC1C. The third kappa shape index (κ3) is 3.82. The van der Waals surface area contributed by atoms with Gasteiger partial charge in [0, 0.05) is 13.1 Å². The third-order valence-corrected chi connectivity index (χ3v) is 4.18. The number of hydrogen-bond donors (Lipinski definition) is 1. The van der Waals surface area contributed by atoms with Crippen molar-refractivity contribution in [3.63, 3.8) is 0 Å². The van der Waals surface area contributed by atoms with Crippen molar-refractivity contribution in [3.8, 4) is 11.8 Å². The van der Waals surface area contributed by atoms with Gasteiger partial charge in [0.15, 0.2) is 0 Å². The molecule has 1 saturated heterocycles. The predicted molar refractivity (Wildman–Crippen MR) is 80.6 cm³/mol. The molecule has 1 aliphatic heterocycles. The van der Waals surface area contributed by atoms with Gasteiger partial charge in [0.1, 0.15) is 5.82 Å². The van der Waals surface area contributed by atoms with E-state index in [2.05, 4.69) is 30.6 Å². The van der Waals surface area contributed by atoms with E-state index in [1.807, 2.05) is 12.1 Å². The number of halogens is 1. The van der Waals surface area contributed by atoms with Gasteiger partial charge >= 0.3 is 0 Å². The molecule has 0 bridgehead atoms. The van der Waals surface area contributed by atoms with E-state index in [1.165, 1.54) is 12.5 Å². The topological polar surface area (TPSA) is 29.3 Å². The Balaban J connectivity index is 2.06. The number of benzene rings is 1. The first kappa shape index (κ1) is 15.0. The van der Waals surface area contributed by atoms with E-state index in [9.17, 15) is 4.39 Å². The molecule has 0 saturated carbocycles. The first-order valence-corrected chi connectivity index (χ1v) is 7.30. The lowest BCUT2D eigenvalue weighted by molar-refractivity contribution is 0.132. The predicted octanol–water partition coefficient (Wildman–Crippen LogP) is 2.61. The van der Waals surface area contributed by atoms with Crippen LogP contribution in [0.1, 0.15) is 31.4 Å². The van der Waals surface area contributed by atoms with Crippen molar-refractivity contribution in [1.82, 2.24) is 4.90 Å². The highest BCUT2D eigenvalue weighted by Crippen LogP contribution is 2.24. The molecule has 0 aromatic heterocycles. The Bertz CT molecular complexity index is 515. The minimum Gasteiger partial charge on any atom is -0.320 e. The molecule has 1 aliphatic rings. The maximum Gasteiger partial charge on any atom is 0.138 e. The van der Waals surface area contributed by atoms with Gasteiger partial charge in [0.2, 0.25) is 0 Å². The van der Waals surface area contributed by atoms with Gasteiger partial charge in [-0.25, -0.2) is 4.39 Å². The zero-order valence-corrected chi connectivity index (χ0v) is 12.3. The summed E-state index contributed by atoms with van der Waals surface area (Å²) in [5.74, 6) is 6.76. The van der Waals surface area contributed by atoms with Crippen LogP contribution < -0.4 is 5.73 Å². The lowest BCUT2D eigenvalue weighted by atomic mass is 9.88. The Morgan fingerprint density at radius 1 is 1.35 bits per heavy atom. The quantitative estimate of drug-likeness (QED) is 0.840. The molecule has 0 amide bonds. The molecule has 2 atom stereocenters.